The van der Waals surface area contributed by atoms with E-state index in [-0.39, 0.29) is 12.6 Å². The Bertz CT molecular complexity index is 501. The Hall–Kier alpha value is -0.560. The van der Waals surface area contributed by atoms with Crippen LogP contribution in [-0.4, -0.2) is 39.4 Å². The summed E-state index contributed by atoms with van der Waals surface area (Å²) in [5, 5.41) is 16.4. The van der Waals surface area contributed by atoms with E-state index in [1.165, 1.54) is 0 Å². The average Bonchev–Trinajstić information content (AvgIpc) is 2.95. The summed E-state index contributed by atoms with van der Waals surface area (Å²) in [6.45, 7) is 0.586. The fourth-order valence-electron chi connectivity index (χ4n) is 1.97. The summed E-state index contributed by atoms with van der Waals surface area (Å²) in [5.74, 6) is 1.59. The van der Waals surface area contributed by atoms with Crippen LogP contribution in [0, 0.1) is 0 Å². The van der Waals surface area contributed by atoms with Crippen LogP contribution in [0.4, 0.5) is 4.79 Å². The van der Waals surface area contributed by atoms with Gasteiger partial charge in [0.2, 0.25) is 0 Å². The summed E-state index contributed by atoms with van der Waals surface area (Å²) in [4.78, 5) is 11.7. The number of halogens is 2. The standard InChI is InChI=1S/C12H17Cl2N3O2S/c1-17-8(4-9(13)10(17)14)5-15-11(18)16-6-12(19)2-3-20-7-12/h4,19H,2-3,5-7H2,1H3,(H2,15,16,18). The highest BCUT2D eigenvalue weighted by molar-refractivity contribution is 7.99. The molecule has 0 aliphatic carbocycles. The molecule has 20 heavy (non-hydrogen) atoms. The number of carbonyl (C=O) groups excluding carboxylic acids is 1. The highest BCUT2D eigenvalue weighted by atomic mass is 35.5. The molecular formula is C12H17Cl2N3O2S. The maximum atomic E-state index is 11.7. The van der Waals surface area contributed by atoms with Gasteiger partial charge in [-0.2, -0.15) is 11.8 Å². The van der Waals surface area contributed by atoms with E-state index in [4.69, 9.17) is 23.2 Å². The molecule has 5 nitrogen and oxygen atoms in total. The van der Waals surface area contributed by atoms with E-state index >= 15 is 0 Å². The summed E-state index contributed by atoms with van der Waals surface area (Å²) in [6.07, 6.45) is 0.709. The smallest absolute Gasteiger partial charge is 0.315 e. The lowest BCUT2D eigenvalue weighted by Gasteiger charge is -2.21. The third-order valence-electron chi connectivity index (χ3n) is 3.31. The van der Waals surface area contributed by atoms with Gasteiger partial charge >= 0.3 is 6.03 Å². The van der Waals surface area contributed by atoms with Crippen LogP contribution in [-0.2, 0) is 13.6 Å². The minimum Gasteiger partial charge on any atom is -0.387 e. The molecule has 1 aromatic rings. The fraction of sp³-hybridized carbons (Fsp3) is 0.583. The Morgan fingerprint density at radius 3 is 2.85 bits per heavy atom. The highest BCUT2D eigenvalue weighted by Gasteiger charge is 2.31. The van der Waals surface area contributed by atoms with Gasteiger partial charge in [0.15, 0.2) is 0 Å². The Morgan fingerprint density at radius 1 is 1.55 bits per heavy atom. The number of rotatable bonds is 4. The van der Waals surface area contributed by atoms with Crippen molar-refractivity contribution in [2.45, 2.75) is 18.6 Å². The monoisotopic (exact) mass is 337 g/mol. The van der Waals surface area contributed by atoms with E-state index in [1.807, 2.05) is 0 Å². The molecule has 2 heterocycles. The van der Waals surface area contributed by atoms with Gasteiger partial charge in [-0.3, -0.25) is 0 Å². The van der Waals surface area contributed by atoms with Crippen molar-refractivity contribution in [1.29, 1.82) is 0 Å². The summed E-state index contributed by atoms with van der Waals surface area (Å²) < 4.78 is 1.71. The quantitative estimate of drug-likeness (QED) is 0.787. The van der Waals surface area contributed by atoms with Crippen molar-refractivity contribution in [3.8, 4) is 0 Å². The van der Waals surface area contributed by atoms with Gasteiger partial charge in [0, 0.05) is 25.0 Å². The zero-order valence-electron chi connectivity index (χ0n) is 11.1. The summed E-state index contributed by atoms with van der Waals surface area (Å²) in [5.41, 5.74) is 0.0323. The van der Waals surface area contributed by atoms with E-state index < -0.39 is 5.60 Å². The number of hydrogen-bond donors (Lipinski definition) is 3. The number of thioether (sulfide) groups is 1. The molecular weight excluding hydrogens is 321 g/mol. The van der Waals surface area contributed by atoms with Crippen molar-refractivity contribution in [2.24, 2.45) is 7.05 Å². The molecule has 1 aliphatic heterocycles. The van der Waals surface area contributed by atoms with Crippen LogP contribution in [0.15, 0.2) is 6.07 Å². The van der Waals surface area contributed by atoms with E-state index in [1.54, 1.807) is 29.4 Å². The molecule has 112 valence electrons. The van der Waals surface area contributed by atoms with E-state index in [9.17, 15) is 9.90 Å². The summed E-state index contributed by atoms with van der Waals surface area (Å²) in [7, 11) is 1.78. The van der Waals surface area contributed by atoms with Gasteiger partial charge < -0.3 is 20.3 Å². The maximum absolute atomic E-state index is 11.7. The van der Waals surface area contributed by atoms with Crippen molar-refractivity contribution in [1.82, 2.24) is 15.2 Å². The van der Waals surface area contributed by atoms with Crippen molar-refractivity contribution in [3.63, 3.8) is 0 Å². The first-order chi connectivity index (χ1) is 9.41. The van der Waals surface area contributed by atoms with E-state index in [2.05, 4.69) is 10.6 Å². The molecule has 0 saturated carbocycles. The van der Waals surface area contributed by atoms with Gasteiger partial charge in [0.25, 0.3) is 0 Å². The molecule has 0 spiro atoms. The second kappa shape index (κ2) is 6.47. The predicted molar refractivity (Wildman–Crippen MR) is 82.6 cm³/mol. The molecule has 0 radical (unpaired) electrons. The fourth-order valence-corrected chi connectivity index (χ4v) is 3.68. The molecule has 8 heteroatoms. The molecule has 2 rings (SSSR count). The molecule has 1 unspecified atom stereocenters. The number of aliphatic hydroxyl groups is 1. The number of carbonyl (C=O) groups is 1. The molecule has 2 amide bonds. The van der Waals surface area contributed by atoms with Crippen molar-refractivity contribution < 1.29 is 9.90 Å². The van der Waals surface area contributed by atoms with Crippen molar-refractivity contribution in [2.75, 3.05) is 18.1 Å². The average molecular weight is 338 g/mol. The first-order valence-corrected chi connectivity index (χ1v) is 8.14. The van der Waals surface area contributed by atoms with Gasteiger partial charge in [-0.25, -0.2) is 4.79 Å². The summed E-state index contributed by atoms with van der Waals surface area (Å²) >= 11 is 13.5. The molecule has 1 fully saturated rings. The van der Waals surface area contributed by atoms with Crippen LogP contribution in [0.25, 0.3) is 0 Å². The van der Waals surface area contributed by atoms with Crippen LogP contribution in [0.3, 0.4) is 0 Å². The van der Waals surface area contributed by atoms with Crippen LogP contribution >= 0.6 is 35.0 Å². The van der Waals surface area contributed by atoms with Gasteiger partial charge in [-0.15, -0.1) is 0 Å². The minimum atomic E-state index is -0.778. The number of aromatic nitrogens is 1. The number of amides is 2. The number of hydrogen-bond acceptors (Lipinski definition) is 3. The number of nitrogens with one attached hydrogen (secondary N) is 2. The Balaban J connectivity index is 1.79. The van der Waals surface area contributed by atoms with Crippen LogP contribution in [0.2, 0.25) is 10.2 Å². The lowest BCUT2D eigenvalue weighted by molar-refractivity contribution is 0.0700. The number of nitrogens with zero attached hydrogens (tertiary/aromatic N) is 1. The van der Waals surface area contributed by atoms with E-state index in [0.29, 0.717) is 28.9 Å². The molecule has 1 aromatic heterocycles. The van der Waals surface area contributed by atoms with Crippen molar-refractivity contribution in [3.05, 3.63) is 21.9 Å². The Kier molecular flexibility index (Phi) is 5.12. The van der Waals surface area contributed by atoms with E-state index in [0.717, 1.165) is 11.4 Å². The SMILES string of the molecule is Cn1c(CNC(=O)NCC2(O)CCSC2)cc(Cl)c1Cl. The molecule has 1 atom stereocenters. The third-order valence-corrected chi connectivity index (χ3v) is 5.38. The lowest BCUT2D eigenvalue weighted by atomic mass is 10.0. The second-order valence-corrected chi connectivity index (χ2v) is 6.77. The zero-order chi connectivity index (χ0) is 14.8. The second-order valence-electron chi connectivity index (χ2n) is 4.90. The zero-order valence-corrected chi connectivity index (χ0v) is 13.4. The van der Waals surface area contributed by atoms with Crippen LogP contribution in [0.5, 0.6) is 0 Å². The Labute approximate surface area is 132 Å². The normalized spacial score (nSPS) is 22.0. The third kappa shape index (κ3) is 3.75. The maximum Gasteiger partial charge on any atom is 0.315 e. The van der Waals surface area contributed by atoms with Gasteiger partial charge in [-0.1, -0.05) is 23.2 Å². The van der Waals surface area contributed by atoms with Crippen molar-refractivity contribution >= 4 is 41.0 Å². The number of urea groups is 1. The predicted octanol–water partition coefficient (Wildman–Crippen LogP) is 2.00. The molecule has 3 N–H and O–H groups in total. The molecule has 0 aromatic carbocycles. The minimum absolute atomic E-state index is 0.264. The molecule has 1 aliphatic rings. The first kappa shape index (κ1) is 15.8. The highest BCUT2D eigenvalue weighted by Crippen LogP contribution is 2.27. The van der Waals surface area contributed by atoms with Crippen LogP contribution in [0.1, 0.15) is 12.1 Å². The lowest BCUT2D eigenvalue weighted by Crippen LogP contribution is -2.46. The Morgan fingerprint density at radius 2 is 2.30 bits per heavy atom. The topological polar surface area (TPSA) is 66.3 Å². The molecule has 1 saturated heterocycles. The van der Waals surface area contributed by atoms with Crippen LogP contribution < -0.4 is 10.6 Å². The van der Waals surface area contributed by atoms with Gasteiger partial charge in [0.1, 0.15) is 5.15 Å². The largest absolute Gasteiger partial charge is 0.387 e. The molecule has 0 bridgehead atoms. The summed E-state index contributed by atoms with van der Waals surface area (Å²) in [6, 6.07) is 1.40. The van der Waals surface area contributed by atoms with Gasteiger partial charge in [0.05, 0.1) is 17.2 Å². The van der Waals surface area contributed by atoms with Gasteiger partial charge in [-0.05, 0) is 18.2 Å². The first-order valence-electron chi connectivity index (χ1n) is 6.23.